The number of rotatable bonds is 4. The van der Waals surface area contributed by atoms with Crippen molar-refractivity contribution in [2.24, 2.45) is 0 Å². The first-order valence-corrected chi connectivity index (χ1v) is 12.1. The fourth-order valence-electron chi connectivity index (χ4n) is 4.54. The summed E-state index contributed by atoms with van der Waals surface area (Å²) in [5.74, 6) is -1.37. The smallest absolute Gasteiger partial charge is 0.251 e. The molecule has 0 saturated carbocycles. The van der Waals surface area contributed by atoms with Crippen LogP contribution in [0.5, 0.6) is 0 Å². The third kappa shape index (κ3) is 3.82. The molecule has 5 rings (SSSR count). The van der Waals surface area contributed by atoms with Crippen molar-refractivity contribution in [3.63, 3.8) is 0 Å². The number of anilines is 1. The van der Waals surface area contributed by atoms with Gasteiger partial charge in [0.1, 0.15) is 10.7 Å². The largest absolute Gasteiger partial charge is 0.289 e. The van der Waals surface area contributed by atoms with Crippen molar-refractivity contribution in [3.05, 3.63) is 72.5 Å². The number of piperazine rings is 1. The lowest BCUT2D eigenvalue weighted by atomic mass is 10.1. The maximum atomic E-state index is 14.1. The summed E-state index contributed by atoms with van der Waals surface area (Å²) in [5.41, 5.74) is 0.534. The molecule has 2 aliphatic heterocycles. The fourth-order valence-corrected chi connectivity index (χ4v) is 6.02. The van der Waals surface area contributed by atoms with Crippen molar-refractivity contribution in [1.82, 2.24) is 9.21 Å². The minimum absolute atomic E-state index is 0.0473. The highest BCUT2D eigenvalue weighted by Gasteiger charge is 2.44. The molecule has 0 N–H and O–H groups in total. The molecular weight excluding hydrogens is 445 g/mol. The van der Waals surface area contributed by atoms with Gasteiger partial charge >= 0.3 is 0 Å². The van der Waals surface area contributed by atoms with Crippen LogP contribution in [-0.2, 0) is 19.6 Å². The third-order valence-electron chi connectivity index (χ3n) is 6.28. The molecule has 0 radical (unpaired) electrons. The molecule has 1 atom stereocenters. The predicted octanol–water partition coefficient (Wildman–Crippen LogP) is 2.62. The number of hydrogen-bond donors (Lipinski definition) is 0. The average molecular weight is 468 g/mol. The van der Waals surface area contributed by atoms with E-state index in [2.05, 4.69) is 0 Å². The Morgan fingerprint density at radius 3 is 2.21 bits per heavy atom. The van der Waals surface area contributed by atoms with Crippen LogP contribution >= 0.6 is 0 Å². The Kier molecular flexibility index (Phi) is 5.48. The van der Waals surface area contributed by atoms with Crippen molar-refractivity contribution >= 4 is 38.3 Å². The zero-order valence-electron chi connectivity index (χ0n) is 17.7. The lowest BCUT2D eigenvalue weighted by Gasteiger charge is -2.36. The van der Waals surface area contributed by atoms with E-state index in [0.29, 0.717) is 5.69 Å². The molecule has 2 aliphatic rings. The van der Waals surface area contributed by atoms with Crippen LogP contribution in [0.2, 0.25) is 0 Å². The van der Waals surface area contributed by atoms with Crippen LogP contribution in [0, 0.1) is 5.82 Å². The highest BCUT2D eigenvalue weighted by Crippen LogP contribution is 2.29. The van der Waals surface area contributed by atoms with Gasteiger partial charge in [0.25, 0.3) is 5.91 Å². The monoisotopic (exact) mass is 467 g/mol. The van der Waals surface area contributed by atoms with E-state index in [9.17, 15) is 22.4 Å². The summed E-state index contributed by atoms with van der Waals surface area (Å²) in [7, 11) is -3.97. The van der Waals surface area contributed by atoms with Crippen LogP contribution < -0.4 is 4.90 Å². The normalized spacial score (nSPS) is 20.6. The van der Waals surface area contributed by atoms with Gasteiger partial charge in [-0.05, 0) is 35.0 Å². The molecule has 2 saturated heterocycles. The average Bonchev–Trinajstić information content (AvgIpc) is 3.12. The number of sulfonamides is 1. The molecule has 3 aromatic carbocycles. The number of imide groups is 1. The molecule has 0 aromatic heterocycles. The van der Waals surface area contributed by atoms with Gasteiger partial charge in [0.05, 0.1) is 18.2 Å². The summed E-state index contributed by atoms with van der Waals surface area (Å²) < 4.78 is 41.0. The van der Waals surface area contributed by atoms with Gasteiger partial charge in [-0.1, -0.05) is 42.5 Å². The molecule has 2 amide bonds. The van der Waals surface area contributed by atoms with Gasteiger partial charge in [-0.2, -0.15) is 4.31 Å². The molecule has 170 valence electrons. The van der Waals surface area contributed by atoms with E-state index >= 15 is 0 Å². The number of amides is 2. The van der Waals surface area contributed by atoms with Crippen LogP contribution in [0.4, 0.5) is 10.1 Å². The number of nitrogens with zero attached hydrogens (tertiary/aromatic N) is 3. The summed E-state index contributed by atoms with van der Waals surface area (Å²) in [6, 6.07) is 17.8. The highest BCUT2D eigenvalue weighted by atomic mass is 32.2. The second-order valence-corrected chi connectivity index (χ2v) is 10.1. The highest BCUT2D eigenvalue weighted by molar-refractivity contribution is 7.89. The molecule has 3 aromatic rings. The number of halogens is 1. The number of fused-ring (bicyclic) bond motifs is 1. The van der Waals surface area contributed by atoms with Crippen LogP contribution in [0.25, 0.3) is 10.8 Å². The zero-order chi connectivity index (χ0) is 23.2. The lowest BCUT2D eigenvalue weighted by Crippen LogP contribution is -2.53. The fraction of sp³-hybridized carbons (Fsp3) is 0.250. The Bertz CT molecular complexity index is 1350. The molecule has 2 fully saturated rings. The van der Waals surface area contributed by atoms with Crippen molar-refractivity contribution in [2.45, 2.75) is 17.4 Å². The van der Waals surface area contributed by atoms with Crippen LogP contribution in [0.1, 0.15) is 6.42 Å². The van der Waals surface area contributed by atoms with E-state index in [1.165, 1.54) is 27.4 Å². The summed E-state index contributed by atoms with van der Waals surface area (Å²) in [4.78, 5) is 28.6. The van der Waals surface area contributed by atoms with E-state index in [-0.39, 0.29) is 49.3 Å². The molecule has 2 heterocycles. The standard InChI is InChI=1S/C24H22FN3O4S/c25-20-7-3-4-8-22(20)33(31,32)27-13-11-26(12-14-27)21-16-23(29)28(24(21)30)19-10-9-17-5-1-2-6-18(17)15-19/h1-10,15,21H,11-14,16H2/t21-/m0/s1. The van der Waals surface area contributed by atoms with E-state index < -0.39 is 21.9 Å². The van der Waals surface area contributed by atoms with E-state index in [1.807, 2.05) is 41.3 Å². The van der Waals surface area contributed by atoms with Crippen LogP contribution in [0.15, 0.2) is 71.6 Å². The number of carbonyl (C=O) groups excluding carboxylic acids is 2. The minimum Gasteiger partial charge on any atom is -0.289 e. The maximum absolute atomic E-state index is 14.1. The van der Waals surface area contributed by atoms with Crippen molar-refractivity contribution in [2.75, 3.05) is 31.1 Å². The molecule has 0 spiro atoms. The Labute approximate surface area is 191 Å². The van der Waals surface area contributed by atoms with Crippen molar-refractivity contribution in [3.8, 4) is 0 Å². The van der Waals surface area contributed by atoms with Crippen molar-refractivity contribution < 1.29 is 22.4 Å². The first-order chi connectivity index (χ1) is 15.9. The summed E-state index contributed by atoms with van der Waals surface area (Å²) in [6.07, 6.45) is 0.0473. The second-order valence-electron chi connectivity index (χ2n) is 8.19. The molecule has 0 aliphatic carbocycles. The Morgan fingerprint density at radius 1 is 0.818 bits per heavy atom. The van der Waals surface area contributed by atoms with E-state index in [4.69, 9.17) is 0 Å². The summed E-state index contributed by atoms with van der Waals surface area (Å²) in [6.45, 7) is 0.793. The maximum Gasteiger partial charge on any atom is 0.251 e. The Hall–Kier alpha value is -3.14. The minimum atomic E-state index is -3.97. The van der Waals surface area contributed by atoms with Crippen molar-refractivity contribution in [1.29, 1.82) is 0 Å². The number of benzene rings is 3. The molecular formula is C24H22FN3O4S. The van der Waals surface area contributed by atoms with Gasteiger partial charge in [0, 0.05) is 26.2 Å². The first-order valence-electron chi connectivity index (χ1n) is 10.7. The van der Waals surface area contributed by atoms with Gasteiger partial charge < -0.3 is 0 Å². The van der Waals surface area contributed by atoms with Gasteiger partial charge in [0.2, 0.25) is 15.9 Å². The molecule has 0 bridgehead atoms. The first kappa shape index (κ1) is 21.7. The molecule has 7 nitrogen and oxygen atoms in total. The summed E-state index contributed by atoms with van der Waals surface area (Å²) in [5, 5.41) is 1.95. The zero-order valence-corrected chi connectivity index (χ0v) is 18.5. The Balaban J connectivity index is 1.31. The molecule has 33 heavy (non-hydrogen) atoms. The number of hydrogen-bond acceptors (Lipinski definition) is 5. The van der Waals surface area contributed by atoms with Crippen LogP contribution in [-0.4, -0.2) is 61.7 Å². The van der Waals surface area contributed by atoms with Gasteiger partial charge in [-0.3, -0.25) is 14.5 Å². The van der Waals surface area contributed by atoms with E-state index in [0.717, 1.165) is 16.8 Å². The molecule has 9 heteroatoms. The molecule has 0 unspecified atom stereocenters. The third-order valence-corrected chi connectivity index (χ3v) is 8.21. The second kappa shape index (κ2) is 8.33. The SMILES string of the molecule is O=C1C[C@H](N2CCN(S(=O)(=O)c3ccccc3F)CC2)C(=O)N1c1ccc2ccccc2c1. The lowest BCUT2D eigenvalue weighted by molar-refractivity contribution is -0.123. The quantitative estimate of drug-likeness (QED) is 0.552. The number of carbonyl (C=O) groups is 2. The van der Waals surface area contributed by atoms with Gasteiger partial charge in [0.15, 0.2) is 0 Å². The van der Waals surface area contributed by atoms with Crippen LogP contribution in [0.3, 0.4) is 0 Å². The van der Waals surface area contributed by atoms with Gasteiger partial charge in [-0.25, -0.2) is 17.7 Å². The summed E-state index contributed by atoms with van der Waals surface area (Å²) >= 11 is 0. The topological polar surface area (TPSA) is 78.0 Å². The van der Waals surface area contributed by atoms with Gasteiger partial charge in [-0.15, -0.1) is 0 Å². The Morgan fingerprint density at radius 2 is 1.48 bits per heavy atom. The van der Waals surface area contributed by atoms with E-state index in [1.54, 1.807) is 6.07 Å². The predicted molar refractivity (Wildman–Crippen MR) is 122 cm³/mol.